The number of oxime groups is 1. The summed E-state index contributed by atoms with van der Waals surface area (Å²) in [5.41, 5.74) is 4.11. The lowest BCUT2D eigenvalue weighted by molar-refractivity contribution is -0.150. The number of carboxylic acid groups (broad SMARTS) is 1. The highest BCUT2D eigenvalue weighted by molar-refractivity contribution is 7.86. The molecule has 3 amide bonds. The highest BCUT2D eigenvalue weighted by Crippen LogP contribution is 2.35. The topological polar surface area (TPSA) is 191 Å². The van der Waals surface area contributed by atoms with Crippen molar-refractivity contribution < 1.29 is 42.5 Å². The van der Waals surface area contributed by atoms with Gasteiger partial charge in [-0.15, -0.1) is 0 Å². The Kier molecular flexibility index (Phi) is 5.86. The number of carboxylic acids is 1. The molecule has 3 heterocycles. The van der Waals surface area contributed by atoms with Crippen LogP contribution in [-0.4, -0.2) is 74.7 Å². The predicted octanol–water partition coefficient (Wildman–Crippen LogP) is -1.52. The number of hydrogen-bond donors (Lipinski definition) is 3. The van der Waals surface area contributed by atoms with Gasteiger partial charge in [0.15, 0.2) is 5.76 Å². The maximum atomic E-state index is 12.6. The molecule has 30 heavy (non-hydrogen) atoms. The van der Waals surface area contributed by atoms with Crippen LogP contribution in [0.25, 0.3) is 0 Å². The summed E-state index contributed by atoms with van der Waals surface area (Å²) in [5, 5.41) is 14.3. The van der Waals surface area contributed by atoms with Crippen LogP contribution in [0.3, 0.4) is 0 Å². The van der Waals surface area contributed by atoms with E-state index in [2.05, 4.69) is 20.0 Å². The smallest absolute Gasteiger partial charge is 0.404 e. The highest BCUT2D eigenvalue weighted by Gasteiger charge is 2.57. The number of primary amides is 1. The number of hydrogen-bond acceptors (Lipinski definition) is 9. The molecule has 3 atom stereocenters. The van der Waals surface area contributed by atoms with Crippen LogP contribution in [0.2, 0.25) is 0 Å². The largest absolute Gasteiger partial charge is 0.477 e. The molecule has 0 aliphatic carbocycles. The minimum atomic E-state index is -1.79. The summed E-state index contributed by atoms with van der Waals surface area (Å²) >= 11 is 0. The number of β-lactam (4-membered cyclic amide) rings is 1. The first-order valence-corrected chi connectivity index (χ1v) is 9.68. The van der Waals surface area contributed by atoms with E-state index in [1.165, 1.54) is 25.5 Å². The van der Waals surface area contributed by atoms with Gasteiger partial charge < -0.3 is 30.1 Å². The van der Waals surface area contributed by atoms with Crippen LogP contribution in [0, 0.1) is 0 Å². The van der Waals surface area contributed by atoms with Crippen molar-refractivity contribution in [1.29, 1.82) is 0 Å². The first kappa shape index (κ1) is 21.0. The number of furan rings is 1. The Hall–Kier alpha value is -3.68. The van der Waals surface area contributed by atoms with Crippen LogP contribution in [0.5, 0.6) is 0 Å². The number of nitrogens with zero attached hydrogens (tertiary/aromatic N) is 2. The molecular weight excluding hydrogens is 424 g/mol. The molecular formula is C16H16N4O9S. The van der Waals surface area contributed by atoms with E-state index in [4.69, 9.17) is 10.2 Å². The number of carbonyl (C=O) groups excluding carboxylic acids is 3. The summed E-state index contributed by atoms with van der Waals surface area (Å²) in [5.74, 6) is -3.33. The van der Waals surface area contributed by atoms with Crippen LogP contribution in [0.1, 0.15) is 5.76 Å². The van der Waals surface area contributed by atoms with E-state index >= 15 is 0 Å². The van der Waals surface area contributed by atoms with E-state index in [-0.39, 0.29) is 22.8 Å². The lowest BCUT2D eigenvalue weighted by atomic mass is 10.0. The second-order valence-electron chi connectivity index (χ2n) is 6.04. The minimum Gasteiger partial charge on any atom is -0.477 e. The number of amides is 3. The highest BCUT2D eigenvalue weighted by atomic mass is 32.2. The zero-order chi connectivity index (χ0) is 22.0. The van der Waals surface area contributed by atoms with Crippen LogP contribution < -0.4 is 11.1 Å². The van der Waals surface area contributed by atoms with Crippen molar-refractivity contribution in [2.45, 2.75) is 11.4 Å². The fourth-order valence-electron chi connectivity index (χ4n) is 3.03. The van der Waals surface area contributed by atoms with Gasteiger partial charge in [0.05, 0.1) is 22.8 Å². The summed E-state index contributed by atoms with van der Waals surface area (Å²) in [6.45, 7) is -0.528. The predicted molar refractivity (Wildman–Crippen MR) is 98.0 cm³/mol. The number of fused-ring (bicyclic) bond motifs is 1. The lowest BCUT2D eigenvalue weighted by Gasteiger charge is -2.48. The summed E-state index contributed by atoms with van der Waals surface area (Å²) in [6.07, 6.45) is 0.155. The molecule has 1 aromatic heterocycles. The Labute approximate surface area is 170 Å². The molecule has 0 bridgehead atoms. The lowest BCUT2D eigenvalue weighted by Crippen LogP contribution is -2.74. The molecule has 0 spiro atoms. The molecule has 1 aromatic rings. The van der Waals surface area contributed by atoms with E-state index in [0.717, 1.165) is 4.90 Å². The zero-order valence-corrected chi connectivity index (χ0v) is 16.2. The van der Waals surface area contributed by atoms with Gasteiger partial charge in [0.25, 0.3) is 11.8 Å². The van der Waals surface area contributed by atoms with Crippen molar-refractivity contribution in [3.63, 3.8) is 0 Å². The van der Waals surface area contributed by atoms with Crippen LogP contribution in [0.4, 0.5) is 4.79 Å². The number of carbonyl (C=O) groups is 4. The molecule has 3 rings (SSSR count). The summed E-state index contributed by atoms with van der Waals surface area (Å²) in [4.78, 5) is 53.1. The van der Waals surface area contributed by atoms with Gasteiger partial charge in [-0.25, -0.2) is 9.59 Å². The quantitative estimate of drug-likeness (QED) is 0.257. The molecule has 2 aliphatic rings. The third-order valence-corrected chi connectivity index (χ3v) is 5.89. The van der Waals surface area contributed by atoms with Crippen molar-refractivity contribution in [2.24, 2.45) is 10.9 Å². The van der Waals surface area contributed by atoms with E-state index in [9.17, 15) is 28.5 Å². The first-order valence-electron chi connectivity index (χ1n) is 8.30. The van der Waals surface area contributed by atoms with Crippen molar-refractivity contribution in [1.82, 2.24) is 10.2 Å². The Morgan fingerprint density at radius 2 is 2.20 bits per heavy atom. The Bertz CT molecular complexity index is 985. The standard InChI is InChI=1S/C16H16N4O9S/c1-27-19-9(8-3-2-4-28-8)12(21)18-10-13(22)20-11(15(23)24)7(5-29-16(17)25)6-30(26)14(10)20/h2-4,10,14H,5-6H2,1H3,(H2,17,25)(H,18,21)(H,23,24)/t10?,14-,30?/m1/s1. The second kappa shape index (κ2) is 8.36. The molecule has 13 nitrogen and oxygen atoms in total. The minimum absolute atomic E-state index is 0.0359. The molecule has 2 aliphatic heterocycles. The molecule has 14 heteroatoms. The van der Waals surface area contributed by atoms with E-state index in [1.54, 1.807) is 0 Å². The van der Waals surface area contributed by atoms with Crippen molar-refractivity contribution in [3.8, 4) is 0 Å². The molecule has 4 N–H and O–H groups in total. The second-order valence-corrected chi connectivity index (χ2v) is 7.57. The molecule has 1 saturated heterocycles. The third kappa shape index (κ3) is 3.76. The van der Waals surface area contributed by atoms with Crippen molar-refractivity contribution in [2.75, 3.05) is 19.5 Å². The molecule has 2 unspecified atom stereocenters. The summed E-state index contributed by atoms with van der Waals surface area (Å²) in [6, 6.07) is 1.70. The number of nitrogens with one attached hydrogen (secondary N) is 1. The Balaban J connectivity index is 1.83. The molecule has 0 aromatic carbocycles. The van der Waals surface area contributed by atoms with Crippen LogP contribution in [0.15, 0.2) is 39.2 Å². The third-order valence-electron chi connectivity index (χ3n) is 4.23. The van der Waals surface area contributed by atoms with E-state index in [0.29, 0.717) is 0 Å². The van der Waals surface area contributed by atoms with Crippen LogP contribution in [-0.2, 0) is 34.8 Å². The fourth-order valence-corrected chi connectivity index (χ4v) is 4.70. The normalized spacial score (nSPS) is 23.4. The van der Waals surface area contributed by atoms with Gasteiger partial charge in [0.2, 0.25) is 5.71 Å². The molecule has 1 fully saturated rings. The molecule has 0 radical (unpaired) electrons. The van der Waals surface area contributed by atoms with Gasteiger partial charge in [-0.1, -0.05) is 5.16 Å². The summed E-state index contributed by atoms with van der Waals surface area (Å²) < 4.78 is 22.3. The van der Waals surface area contributed by atoms with Crippen molar-refractivity contribution >= 4 is 40.4 Å². The zero-order valence-electron chi connectivity index (χ0n) is 15.4. The van der Waals surface area contributed by atoms with E-state index < -0.39 is 58.4 Å². The van der Waals surface area contributed by atoms with Gasteiger partial charge in [0.1, 0.15) is 30.8 Å². The number of nitrogens with two attached hydrogens (primary N) is 1. The van der Waals surface area contributed by atoms with Gasteiger partial charge in [0, 0.05) is 5.57 Å². The van der Waals surface area contributed by atoms with Gasteiger partial charge >= 0.3 is 12.1 Å². The van der Waals surface area contributed by atoms with Gasteiger partial charge in [-0.2, -0.15) is 0 Å². The Morgan fingerprint density at radius 3 is 2.77 bits per heavy atom. The van der Waals surface area contributed by atoms with Crippen LogP contribution >= 0.6 is 0 Å². The maximum absolute atomic E-state index is 12.6. The average molecular weight is 440 g/mol. The summed E-state index contributed by atoms with van der Waals surface area (Å²) in [7, 11) is -0.578. The number of rotatable bonds is 7. The van der Waals surface area contributed by atoms with Gasteiger partial charge in [-0.3, -0.25) is 18.7 Å². The Morgan fingerprint density at radius 1 is 1.47 bits per heavy atom. The van der Waals surface area contributed by atoms with E-state index in [1.807, 2.05) is 0 Å². The molecule has 160 valence electrons. The average Bonchev–Trinajstić information content (AvgIpc) is 3.22. The fraction of sp³-hybridized carbons (Fsp3) is 0.312. The van der Waals surface area contributed by atoms with Crippen molar-refractivity contribution in [3.05, 3.63) is 35.4 Å². The number of aliphatic carboxylic acids is 1. The first-order chi connectivity index (χ1) is 14.3. The SMILES string of the molecule is CON=C(C(=O)NC1C(=O)N2C(C(=O)O)=C(COC(N)=O)CS(=O)[C@H]12)c1ccco1. The molecule has 0 saturated carbocycles. The van der Waals surface area contributed by atoms with Gasteiger partial charge in [-0.05, 0) is 12.1 Å². The monoisotopic (exact) mass is 440 g/mol. The maximum Gasteiger partial charge on any atom is 0.404 e. The number of ether oxygens (including phenoxy) is 1.